The smallest absolute Gasteiger partial charge is 0.194 e. The Morgan fingerprint density at radius 2 is 1.61 bits per heavy atom. The lowest BCUT2D eigenvalue weighted by Gasteiger charge is -2.03. The maximum atomic E-state index is 13.0. The molecule has 0 saturated heterocycles. The van der Waals surface area contributed by atoms with Crippen molar-refractivity contribution in [1.29, 1.82) is 0 Å². The summed E-state index contributed by atoms with van der Waals surface area (Å²) in [6.07, 6.45) is 2.83. The number of nitrogens with zero attached hydrogens (tertiary/aromatic N) is 1. The van der Waals surface area contributed by atoms with Gasteiger partial charge in [0.15, 0.2) is 23.2 Å². The largest absolute Gasteiger partial charge is 0.289 e. The number of benzene rings is 1. The maximum Gasteiger partial charge on any atom is 0.194 e. The van der Waals surface area contributed by atoms with Gasteiger partial charge in [0.2, 0.25) is 0 Å². The number of aromatic nitrogens is 1. The fourth-order valence-electron chi connectivity index (χ4n) is 1.53. The summed E-state index contributed by atoms with van der Waals surface area (Å²) in [5.41, 5.74) is 0.683. The summed E-state index contributed by atoms with van der Waals surface area (Å²) < 4.78 is 38.8. The van der Waals surface area contributed by atoms with E-state index in [0.29, 0.717) is 12.1 Å². The minimum absolute atomic E-state index is 0.195. The number of ketones is 1. The third-order valence-corrected chi connectivity index (χ3v) is 2.38. The Hall–Kier alpha value is -2.17. The van der Waals surface area contributed by atoms with Crippen molar-refractivity contribution >= 4 is 5.78 Å². The van der Waals surface area contributed by atoms with Gasteiger partial charge in [0.25, 0.3) is 0 Å². The van der Waals surface area contributed by atoms with E-state index in [4.69, 9.17) is 0 Å². The standard InChI is InChI=1S/C13H8F3NO/c1-7-2-9(6-17-5-7)13(18)8-3-10(14)12(16)11(15)4-8/h2-6H,1H3. The van der Waals surface area contributed by atoms with Gasteiger partial charge in [-0.25, -0.2) is 13.2 Å². The summed E-state index contributed by atoms with van der Waals surface area (Å²) in [4.78, 5) is 15.7. The number of aryl methyl sites for hydroxylation is 1. The lowest BCUT2D eigenvalue weighted by molar-refractivity contribution is 0.103. The monoisotopic (exact) mass is 251 g/mol. The molecular weight excluding hydrogens is 243 g/mol. The average Bonchev–Trinajstić information content (AvgIpc) is 2.34. The van der Waals surface area contributed by atoms with Crippen molar-refractivity contribution in [2.45, 2.75) is 6.92 Å². The Labute approximate surface area is 101 Å². The quantitative estimate of drug-likeness (QED) is 0.606. The van der Waals surface area contributed by atoms with E-state index in [1.165, 1.54) is 12.3 Å². The van der Waals surface area contributed by atoms with Gasteiger partial charge in [-0.3, -0.25) is 9.78 Å². The van der Waals surface area contributed by atoms with Crippen LogP contribution in [-0.4, -0.2) is 10.8 Å². The first-order chi connectivity index (χ1) is 8.49. The molecule has 18 heavy (non-hydrogen) atoms. The first-order valence-electron chi connectivity index (χ1n) is 5.10. The topological polar surface area (TPSA) is 30.0 Å². The van der Waals surface area contributed by atoms with Crippen LogP contribution in [0.2, 0.25) is 0 Å². The van der Waals surface area contributed by atoms with Gasteiger partial charge in [-0.05, 0) is 30.7 Å². The van der Waals surface area contributed by atoms with Crippen molar-refractivity contribution in [3.63, 3.8) is 0 Å². The van der Waals surface area contributed by atoms with Crippen LogP contribution in [-0.2, 0) is 0 Å². The minimum Gasteiger partial charge on any atom is -0.289 e. The van der Waals surface area contributed by atoms with Crippen molar-refractivity contribution in [2.75, 3.05) is 0 Å². The predicted molar refractivity (Wildman–Crippen MR) is 58.7 cm³/mol. The molecule has 0 aliphatic carbocycles. The summed E-state index contributed by atoms with van der Waals surface area (Å²) in [6, 6.07) is 2.88. The molecule has 0 aliphatic heterocycles. The number of pyridine rings is 1. The minimum atomic E-state index is -1.59. The zero-order chi connectivity index (χ0) is 13.3. The lowest BCUT2D eigenvalue weighted by atomic mass is 10.0. The molecule has 92 valence electrons. The maximum absolute atomic E-state index is 13.0. The molecule has 2 aromatic rings. The van der Waals surface area contributed by atoms with Gasteiger partial charge in [0.1, 0.15) is 0 Å². The van der Waals surface area contributed by atoms with E-state index >= 15 is 0 Å². The zero-order valence-electron chi connectivity index (χ0n) is 9.38. The molecule has 1 heterocycles. The number of carbonyl (C=O) groups excluding carboxylic acids is 1. The number of halogens is 3. The summed E-state index contributed by atoms with van der Waals surface area (Å²) in [5, 5.41) is 0. The van der Waals surface area contributed by atoms with Crippen LogP contribution in [0.5, 0.6) is 0 Å². The third kappa shape index (κ3) is 2.25. The Morgan fingerprint density at radius 3 is 2.17 bits per heavy atom. The molecule has 2 nitrogen and oxygen atoms in total. The molecule has 0 radical (unpaired) electrons. The van der Waals surface area contributed by atoms with Crippen LogP contribution >= 0.6 is 0 Å². The molecule has 1 aromatic carbocycles. The number of rotatable bonds is 2. The molecule has 0 spiro atoms. The van der Waals surface area contributed by atoms with Crippen LogP contribution in [0.25, 0.3) is 0 Å². The molecule has 0 N–H and O–H groups in total. The Kier molecular flexibility index (Phi) is 3.14. The van der Waals surface area contributed by atoms with Gasteiger partial charge in [-0.15, -0.1) is 0 Å². The van der Waals surface area contributed by atoms with Gasteiger partial charge in [-0.2, -0.15) is 0 Å². The Morgan fingerprint density at radius 1 is 1.00 bits per heavy atom. The van der Waals surface area contributed by atoms with E-state index in [1.54, 1.807) is 13.1 Å². The molecule has 0 fully saturated rings. The van der Waals surface area contributed by atoms with E-state index in [2.05, 4.69) is 4.98 Å². The zero-order valence-corrected chi connectivity index (χ0v) is 9.38. The van der Waals surface area contributed by atoms with Gasteiger partial charge in [0, 0.05) is 23.5 Å². The van der Waals surface area contributed by atoms with Crippen molar-refractivity contribution in [1.82, 2.24) is 4.98 Å². The fraction of sp³-hybridized carbons (Fsp3) is 0.0769. The molecule has 0 atom stereocenters. The van der Waals surface area contributed by atoms with E-state index in [9.17, 15) is 18.0 Å². The van der Waals surface area contributed by atoms with Crippen molar-refractivity contribution in [3.05, 3.63) is 64.7 Å². The molecule has 2 rings (SSSR count). The molecular formula is C13H8F3NO. The van der Waals surface area contributed by atoms with Crippen molar-refractivity contribution in [3.8, 4) is 0 Å². The van der Waals surface area contributed by atoms with Gasteiger partial charge < -0.3 is 0 Å². The second-order valence-corrected chi connectivity index (χ2v) is 3.83. The number of carbonyl (C=O) groups is 1. The summed E-state index contributed by atoms with van der Waals surface area (Å²) in [5.74, 6) is -4.98. The van der Waals surface area contributed by atoms with Crippen molar-refractivity contribution < 1.29 is 18.0 Å². The number of hydrogen-bond donors (Lipinski definition) is 0. The van der Waals surface area contributed by atoms with Gasteiger partial charge in [-0.1, -0.05) is 0 Å². The molecule has 0 unspecified atom stereocenters. The molecule has 1 aromatic heterocycles. The third-order valence-electron chi connectivity index (χ3n) is 2.38. The van der Waals surface area contributed by atoms with Crippen LogP contribution in [0.1, 0.15) is 21.5 Å². The van der Waals surface area contributed by atoms with Crippen LogP contribution in [0.15, 0.2) is 30.6 Å². The van der Waals surface area contributed by atoms with Gasteiger partial charge in [0.05, 0.1) is 0 Å². The number of hydrogen-bond acceptors (Lipinski definition) is 2. The van der Waals surface area contributed by atoms with E-state index < -0.39 is 23.2 Å². The first-order valence-corrected chi connectivity index (χ1v) is 5.10. The highest BCUT2D eigenvalue weighted by Gasteiger charge is 2.16. The van der Waals surface area contributed by atoms with Crippen LogP contribution in [0.3, 0.4) is 0 Å². The highest BCUT2D eigenvalue weighted by Crippen LogP contribution is 2.17. The predicted octanol–water partition coefficient (Wildman–Crippen LogP) is 3.04. The summed E-state index contributed by atoms with van der Waals surface area (Å²) in [6.45, 7) is 1.73. The normalized spacial score (nSPS) is 10.4. The summed E-state index contributed by atoms with van der Waals surface area (Å²) in [7, 11) is 0. The SMILES string of the molecule is Cc1cncc(C(=O)c2cc(F)c(F)c(F)c2)c1. The Bertz CT molecular complexity index is 602. The Balaban J connectivity index is 2.47. The lowest BCUT2D eigenvalue weighted by Crippen LogP contribution is -2.05. The highest BCUT2D eigenvalue weighted by atomic mass is 19.2. The van der Waals surface area contributed by atoms with Gasteiger partial charge >= 0.3 is 0 Å². The molecule has 0 saturated carbocycles. The van der Waals surface area contributed by atoms with Crippen LogP contribution in [0, 0.1) is 24.4 Å². The molecule has 0 bridgehead atoms. The average molecular weight is 251 g/mol. The first kappa shape index (κ1) is 12.3. The van der Waals surface area contributed by atoms with E-state index in [1.807, 2.05) is 0 Å². The molecule has 0 amide bonds. The fourth-order valence-corrected chi connectivity index (χ4v) is 1.53. The summed E-state index contributed by atoms with van der Waals surface area (Å²) >= 11 is 0. The van der Waals surface area contributed by atoms with E-state index in [0.717, 1.165) is 5.56 Å². The van der Waals surface area contributed by atoms with E-state index in [-0.39, 0.29) is 11.1 Å². The highest BCUT2D eigenvalue weighted by molar-refractivity contribution is 6.08. The second kappa shape index (κ2) is 4.60. The van der Waals surface area contributed by atoms with Crippen LogP contribution in [0.4, 0.5) is 13.2 Å². The molecule has 5 heteroatoms. The van der Waals surface area contributed by atoms with Crippen LogP contribution < -0.4 is 0 Å². The van der Waals surface area contributed by atoms with Crippen molar-refractivity contribution in [2.24, 2.45) is 0 Å². The molecule has 0 aliphatic rings. The second-order valence-electron chi connectivity index (χ2n) is 3.83.